The third kappa shape index (κ3) is 5.44. The van der Waals surface area contributed by atoms with Crippen LogP contribution in [0.5, 0.6) is 0 Å². The number of sulfonamides is 1. The number of ether oxygens (including phenoxy) is 1. The quantitative estimate of drug-likeness (QED) is 0.435. The first-order valence-corrected chi connectivity index (χ1v) is 15.8. The first kappa shape index (κ1) is 29.8. The van der Waals surface area contributed by atoms with Crippen molar-refractivity contribution in [1.29, 1.82) is 0 Å². The summed E-state index contributed by atoms with van der Waals surface area (Å²) in [6.45, 7) is 6.86. The Morgan fingerprint density at radius 3 is 2.38 bits per heavy atom. The summed E-state index contributed by atoms with van der Waals surface area (Å²) < 4.78 is 38.1. The standard InChI is InChI=1S/C26H34N6O8S2/c1-25(2,3)40-24(37)32(26(4)8-9-26)42(38,39)19-12-18-20(33)30(15-16-13-27-28(5)14-16)22(34)31(21(18)41-19)17-6-10-29(11-7-17)23(35)36/h12-14,17H,6-11,15H2,1-5H3,(H,35,36). The first-order valence-electron chi connectivity index (χ1n) is 13.5. The van der Waals surface area contributed by atoms with Gasteiger partial charge in [0.15, 0.2) is 0 Å². The Bertz CT molecular complexity index is 1780. The van der Waals surface area contributed by atoms with Gasteiger partial charge < -0.3 is 14.7 Å². The van der Waals surface area contributed by atoms with Gasteiger partial charge in [0.05, 0.1) is 23.7 Å². The van der Waals surface area contributed by atoms with Gasteiger partial charge in [-0.3, -0.25) is 18.6 Å². The summed E-state index contributed by atoms with van der Waals surface area (Å²) in [5.74, 6) is 0. The molecule has 0 atom stereocenters. The number of carbonyl (C=O) groups is 2. The number of thiophene rings is 1. The maximum Gasteiger partial charge on any atom is 0.424 e. The molecule has 4 heterocycles. The summed E-state index contributed by atoms with van der Waals surface area (Å²) in [4.78, 5) is 53.7. The topological polar surface area (TPSA) is 166 Å². The fraction of sp³-hybridized carbons (Fsp3) is 0.577. The average Bonchev–Trinajstić information content (AvgIpc) is 3.25. The Kier molecular flexibility index (Phi) is 7.28. The van der Waals surface area contributed by atoms with E-state index in [9.17, 15) is 32.7 Å². The second-order valence-corrected chi connectivity index (χ2v) is 15.1. The van der Waals surface area contributed by atoms with Gasteiger partial charge >= 0.3 is 17.9 Å². The second kappa shape index (κ2) is 10.3. The highest BCUT2D eigenvalue weighted by Gasteiger charge is 2.54. The van der Waals surface area contributed by atoms with Crippen molar-refractivity contribution in [1.82, 2.24) is 28.1 Å². The van der Waals surface area contributed by atoms with E-state index in [0.29, 0.717) is 31.2 Å². The van der Waals surface area contributed by atoms with Gasteiger partial charge in [-0.25, -0.2) is 14.4 Å². The Labute approximate surface area is 245 Å². The number of amides is 2. The monoisotopic (exact) mass is 622 g/mol. The van der Waals surface area contributed by atoms with Gasteiger partial charge in [-0.2, -0.15) is 17.8 Å². The zero-order chi connectivity index (χ0) is 30.8. The molecule has 0 spiro atoms. The number of hydrogen-bond acceptors (Lipinski definition) is 9. The molecule has 0 radical (unpaired) electrons. The van der Waals surface area contributed by atoms with Crippen LogP contribution in [0, 0.1) is 0 Å². The maximum atomic E-state index is 14.1. The Hall–Kier alpha value is -3.66. The smallest absolute Gasteiger partial charge is 0.424 e. The molecule has 1 saturated carbocycles. The molecule has 228 valence electrons. The van der Waals surface area contributed by atoms with Crippen molar-refractivity contribution in [3.63, 3.8) is 0 Å². The Morgan fingerprint density at radius 1 is 1.21 bits per heavy atom. The number of likely N-dealkylation sites (tertiary alicyclic amines) is 1. The lowest BCUT2D eigenvalue weighted by atomic mass is 10.1. The highest BCUT2D eigenvalue weighted by molar-refractivity contribution is 7.92. The molecule has 1 aliphatic heterocycles. The van der Waals surface area contributed by atoms with Crippen LogP contribution in [0.4, 0.5) is 9.59 Å². The minimum atomic E-state index is -4.48. The number of rotatable bonds is 6. The lowest BCUT2D eigenvalue weighted by Gasteiger charge is -2.31. The summed E-state index contributed by atoms with van der Waals surface area (Å²) in [5.41, 5.74) is -2.61. The summed E-state index contributed by atoms with van der Waals surface area (Å²) in [6, 6.07) is 0.747. The van der Waals surface area contributed by atoms with Crippen LogP contribution in [0.1, 0.15) is 65.0 Å². The third-order valence-electron chi connectivity index (χ3n) is 7.54. The van der Waals surface area contributed by atoms with Crippen molar-refractivity contribution in [2.24, 2.45) is 7.05 Å². The van der Waals surface area contributed by atoms with Crippen LogP contribution in [0.15, 0.2) is 32.3 Å². The number of hydrogen-bond donors (Lipinski definition) is 1. The van der Waals surface area contributed by atoms with Crippen LogP contribution in [-0.2, 0) is 28.4 Å². The third-order valence-corrected chi connectivity index (χ3v) is 11.0. The molecule has 2 amide bonds. The molecule has 42 heavy (non-hydrogen) atoms. The molecule has 5 rings (SSSR count). The predicted octanol–water partition coefficient (Wildman–Crippen LogP) is 2.80. The number of aromatic nitrogens is 4. The molecule has 3 aromatic heterocycles. The van der Waals surface area contributed by atoms with E-state index in [1.807, 2.05) is 0 Å². The van der Waals surface area contributed by atoms with Gasteiger partial charge in [0.25, 0.3) is 15.6 Å². The van der Waals surface area contributed by atoms with E-state index in [0.717, 1.165) is 20.2 Å². The molecule has 1 aliphatic carbocycles. The van der Waals surface area contributed by atoms with E-state index in [-0.39, 0.29) is 34.1 Å². The Balaban J connectivity index is 1.67. The molecule has 2 fully saturated rings. The van der Waals surface area contributed by atoms with Crippen LogP contribution in [-0.4, -0.2) is 78.1 Å². The number of aryl methyl sites for hydroxylation is 1. The van der Waals surface area contributed by atoms with Crippen molar-refractivity contribution >= 4 is 43.8 Å². The number of fused-ring (bicyclic) bond motifs is 1. The maximum absolute atomic E-state index is 14.1. The molecule has 0 aromatic carbocycles. The van der Waals surface area contributed by atoms with E-state index in [1.54, 1.807) is 40.9 Å². The number of piperidine rings is 1. The van der Waals surface area contributed by atoms with Gasteiger partial charge in [-0.05, 0) is 59.4 Å². The van der Waals surface area contributed by atoms with Gasteiger partial charge in [-0.15, -0.1) is 11.3 Å². The van der Waals surface area contributed by atoms with E-state index in [4.69, 9.17) is 4.74 Å². The molecule has 0 unspecified atom stereocenters. The molecule has 14 nitrogen and oxygen atoms in total. The minimum absolute atomic E-state index is 0.0211. The SMILES string of the molecule is Cn1cc(Cn2c(=O)c3cc(S(=O)(=O)N(C(=O)OC(C)(C)C)C4(C)CC4)sc3n(C3CCN(C(=O)O)CC3)c2=O)cn1. The van der Waals surface area contributed by atoms with E-state index in [1.165, 1.54) is 26.4 Å². The molecular weight excluding hydrogens is 588 g/mol. The molecule has 1 N–H and O–H groups in total. The van der Waals surface area contributed by atoms with E-state index in [2.05, 4.69) is 5.10 Å². The van der Waals surface area contributed by atoms with Gasteiger partial charge in [0.2, 0.25) is 0 Å². The summed E-state index contributed by atoms with van der Waals surface area (Å²) in [7, 11) is -2.78. The fourth-order valence-electron chi connectivity index (χ4n) is 5.17. The van der Waals surface area contributed by atoms with Crippen molar-refractivity contribution in [3.05, 3.63) is 44.9 Å². The van der Waals surface area contributed by atoms with Gasteiger partial charge in [0.1, 0.15) is 14.6 Å². The van der Waals surface area contributed by atoms with Gasteiger partial charge in [-0.1, -0.05) is 0 Å². The van der Waals surface area contributed by atoms with Crippen LogP contribution in [0.3, 0.4) is 0 Å². The number of carboxylic acid groups (broad SMARTS) is 1. The van der Waals surface area contributed by atoms with Crippen LogP contribution >= 0.6 is 11.3 Å². The highest BCUT2D eigenvalue weighted by Crippen LogP contribution is 2.46. The number of carbonyl (C=O) groups excluding carboxylic acids is 1. The van der Waals surface area contributed by atoms with E-state index >= 15 is 0 Å². The Morgan fingerprint density at radius 2 is 1.86 bits per heavy atom. The zero-order valence-electron chi connectivity index (χ0n) is 24.1. The zero-order valence-corrected chi connectivity index (χ0v) is 25.7. The van der Waals surface area contributed by atoms with Crippen molar-refractivity contribution in [3.8, 4) is 0 Å². The second-order valence-electron chi connectivity index (χ2n) is 12.1. The molecule has 1 saturated heterocycles. The first-order chi connectivity index (χ1) is 19.5. The minimum Gasteiger partial charge on any atom is -0.465 e. The summed E-state index contributed by atoms with van der Waals surface area (Å²) in [6.07, 6.45) is 2.65. The lowest BCUT2D eigenvalue weighted by molar-refractivity contribution is 0.0332. The van der Waals surface area contributed by atoms with Crippen molar-refractivity contribution < 1.29 is 27.9 Å². The van der Waals surface area contributed by atoms with Crippen LogP contribution in [0.25, 0.3) is 10.2 Å². The summed E-state index contributed by atoms with van der Waals surface area (Å²) in [5, 5.41) is 13.5. The summed E-state index contributed by atoms with van der Waals surface area (Å²) >= 11 is 0.752. The molecular formula is C26H34N6O8S2. The fourth-order valence-corrected chi connectivity index (χ4v) is 8.44. The normalized spacial score (nSPS) is 17.4. The van der Waals surface area contributed by atoms with Crippen LogP contribution < -0.4 is 11.2 Å². The molecule has 2 aliphatic rings. The van der Waals surface area contributed by atoms with Crippen LogP contribution in [0.2, 0.25) is 0 Å². The number of nitrogens with zero attached hydrogens (tertiary/aromatic N) is 6. The average molecular weight is 623 g/mol. The predicted molar refractivity (Wildman–Crippen MR) is 153 cm³/mol. The highest BCUT2D eigenvalue weighted by atomic mass is 32.2. The largest absolute Gasteiger partial charge is 0.465 e. The lowest BCUT2D eigenvalue weighted by Crippen LogP contribution is -2.47. The molecule has 3 aromatic rings. The van der Waals surface area contributed by atoms with Crippen molar-refractivity contribution in [2.45, 2.75) is 81.3 Å². The molecule has 0 bridgehead atoms. The molecule has 16 heteroatoms. The van der Waals surface area contributed by atoms with E-state index < -0.39 is 50.6 Å². The van der Waals surface area contributed by atoms with Gasteiger partial charge in [0, 0.05) is 37.9 Å². The van der Waals surface area contributed by atoms with Crippen molar-refractivity contribution in [2.75, 3.05) is 13.1 Å².